The van der Waals surface area contributed by atoms with Crippen molar-refractivity contribution in [1.29, 1.82) is 0 Å². The van der Waals surface area contributed by atoms with E-state index in [1.54, 1.807) is 0 Å². The summed E-state index contributed by atoms with van der Waals surface area (Å²) in [7, 11) is -1.48. The predicted octanol–water partition coefficient (Wildman–Crippen LogP) is 4.75. The van der Waals surface area contributed by atoms with Crippen molar-refractivity contribution in [1.82, 2.24) is 0 Å². The number of benzene rings is 1. The first kappa shape index (κ1) is 14.1. The van der Waals surface area contributed by atoms with Gasteiger partial charge in [0.2, 0.25) is 0 Å². The average molecular weight is 327 g/mol. The molecule has 0 radical (unpaired) electrons. The normalized spacial score (nSPS) is 18.0. The number of phenols is 1. The molecule has 18 heavy (non-hydrogen) atoms. The van der Waals surface area contributed by atoms with E-state index in [9.17, 15) is 5.11 Å². The van der Waals surface area contributed by atoms with Crippen LogP contribution in [0.15, 0.2) is 16.6 Å². The zero-order chi connectivity index (χ0) is 13.3. The van der Waals surface area contributed by atoms with Crippen molar-refractivity contribution in [3.63, 3.8) is 0 Å². The third kappa shape index (κ3) is 2.99. The Balaban J connectivity index is 2.40. The Morgan fingerprint density at radius 1 is 1.11 bits per heavy atom. The van der Waals surface area contributed by atoms with Gasteiger partial charge in [0.25, 0.3) is 0 Å². The van der Waals surface area contributed by atoms with Crippen LogP contribution in [0.1, 0.15) is 43.6 Å². The smallest absolute Gasteiger partial charge is 0.128 e. The number of halogens is 1. The molecule has 1 saturated carbocycles. The molecule has 3 heteroatoms. The molecule has 0 heterocycles. The predicted molar refractivity (Wildman–Crippen MR) is 84.6 cm³/mol. The first-order valence-corrected chi connectivity index (χ1v) is 11.2. The molecule has 1 aromatic carbocycles. The summed E-state index contributed by atoms with van der Waals surface area (Å²) in [5.74, 6) is 1.17. The second-order valence-electron chi connectivity index (χ2n) is 6.48. The fraction of sp³-hybridized carbons (Fsp3) is 0.600. The van der Waals surface area contributed by atoms with E-state index in [0.29, 0.717) is 11.7 Å². The second-order valence-corrected chi connectivity index (χ2v) is 12.4. The number of hydrogen-bond donors (Lipinski definition) is 1. The standard InChI is InChI=1S/C15H23BrOSi/c1-18(2,3)14-10-12(9-13(16)15(14)17)11-7-5-4-6-8-11/h9-11,17H,4-8H2,1-3H3. The molecule has 1 fully saturated rings. The second kappa shape index (κ2) is 5.38. The molecule has 1 aromatic rings. The minimum absolute atomic E-state index is 0.466. The lowest BCUT2D eigenvalue weighted by Crippen LogP contribution is -2.38. The van der Waals surface area contributed by atoms with Crippen LogP contribution < -0.4 is 5.19 Å². The fourth-order valence-electron chi connectivity index (χ4n) is 2.86. The maximum Gasteiger partial charge on any atom is 0.128 e. The van der Waals surface area contributed by atoms with Crippen molar-refractivity contribution in [2.45, 2.75) is 57.7 Å². The van der Waals surface area contributed by atoms with Crippen LogP contribution >= 0.6 is 15.9 Å². The van der Waals surface area contributed by atoms with Crippen LogP contribution in [0.3, 0.4) is 0 Å². The molecule has 2 rings (SSSR count). The molecular weight excluding hydrogens is 304 g/mol. The summed E-state index contributed by atoms with van der Waals surface area (Å²) in [6.45, 7) is 6.87. The molecule has 0 aromatic heterocycles. The van der Waals surface area contributed by atoms with Crippen molar-refractivity contribution in [3.8, 4) is 5.75 Å². The fourth-order valence-corrected chi connectivity index (χ4v) is 4.97. The summed E-state index contributed by atoms with van der Waals surface area (Å²) in [5.41, 5.74) is 1.43. The van der Waals surface area contributed by atoms with Gasteiger partial charge in [-0.3, -0.25) is 0 Å². The summed E-state index contributed by atoms with van der Waals surface area (Å²) in [6, 6.07) is 4.41. The van der Waals surface area contributed by atoms with E-state index in [1.807, 2.05) is 0 Å². The lowest BCUT2D eigenvalue weighted by Gasteiger charge is -2.26. The Labute approximate surface area is 120 Å². The SMILES string of the molecule is C[Si](C)(C)c1cc(C2CCCCC2)cc(Br)c1O. The number of phenolic OH excluding ortho intramolecular Hbond substituents is 1. The van der Waals surface area contributed by atoms with E-state index in [-0.39, 0.29) is 0 Å². The summed E-state index contributed by atoms with van der Waals surface area (Å²) in [6.07, 6.45) is 6.71. The monoisotopic (exact) mass is 326 g/mol. The van der Waals surface area contributed by atoms with E-state index in [1.165, 1.54) is 42.9 Å². The Morgan fingerprint density at radius 2 is 1.72 bits per heavy atom. The van der Waals surface area contributed by atoms with Gasteiger partial charge in [0.05, 0.1) is 12.5 Å². The highest BCUT2D eigenvalue weighted by atomic mass is 79.9. The minimum Gasteiger partial charge on any atom is -0.507 e. The summed E-state index contributed by atoms with van der Waals surface area (Å²) < 4.78 is 0.878. The average Bonchev–Trinajstić information content (AvgIpc) is 2.32. The van der Waals surface area contributed by atoms with Crippen LogP contribution in [0.4, 0.5) is 0 Å². The third-order valence-corrected chi connectivity index (χ3v) is 6.57. The maximum absolute atomic E-state index is 10.2. The van der Waals surface area contributed by atoms with Gasteiger partial charge < -0.3 is 5.11 Å². The summed E-state index contributed by atoms with van der Waals surface area (Å²) in [4.78, 5) is 0. The number of rotatable bonds is 2. The zero-order valence-corrected chi connectivity index (χ0v) is 14.2. The van der Waals surface area contributed by atoms with E-state index in [2.05, 4.69) is 47.7 Å². The van der Waals surface area contributed by atoms with Gasteiger partial charge >= 0.3 is 0 Å². The molecule has 1 aliphatic carbocycles. The van der Waals surface area contributed by atoms with Crippen LogP contribution in [-0.4, -0.2) is 13.2 Å². The highest BCUT2D eigenvalue weighted by molar-refractivity contribution is 9.10. The lowest BCUT2D eigenvalue weighted by atomic mass is 9.84. The summed E-state index contributed by atoms with van der Waals surface area (Å²) in [5, 5.41) is 11.4. The van der Waals surface area contributed by atoms with Crippen LogP contribution in [0.25, 0.3) is 0 Å². The molecule has 0 atom stereocenters. The molecule has 0 saturated heterocycles. The lowest BCUT2D eigenvalue weighted by molar-refractivity contribution is 0.442. The quantitative estimate of drug-likeness (QED) is 0.777. The van der Waals surface area contributed by atoms with E-state index < -0.39 is 8.07 Å². The van der Waals surface area contributed by atoms with E-state index >= 15 is 0 Å². The topological polar surface area (TPSA) is 20.2 Å². The molecule has 1 N–H and O–H groups in total. The van der Waals surface area contributed by atoms with Crippen LogP contribution in [0, 0.1) is 0 Å². The van der Waals surface area contributed by atoms with Crippen molar-refractivity contribution in [2.24, 2.45) is 0 Å². The van der Waals surface area contributed by atoms with Gasteiger partial charge in [-0.05, 0) is 51.5 Å². The first-order chi connectivity index (χ1) is 8.39. The van der Waals surface area contributed by atoms with Crippen molar-refractivity contribution >= 4 is 29.2 Å². The van der Waals surface area contributed by atoms with Gasteiger partial charge in [-0.1, -0.05) is 45.0 Å². The molecule has 0 spiro atoms. The maximum atomic E-state index is 10.2. The van der Waals surface area contributed by atoms with Crippen LogP contribution in [0.5, 0.6) is 5.75 Å². The first-order valence-electron chi connectivity index (χ1n) is 6.92. The zero-order valence-electron chi connectivity index (χ0n) is 11.6. The van der Waals surface area contributed by atoms with Crippen molar-refractivity contribution < 1.29 is 5.11 Å². The van der Waals surface area contributed by atoms with Crippen molar-refractivity contribution in [2.75, 3.05) is 0 Å². The Bertz CT molecular complexity index is 431. The van der Waals surface area contributed by atoms with E-state index in [0.717, 1.165) is 4.47 Å². The number of aromatic hydroxyl groups is 1. The van der Waals surface area contributed by atoms with Gasteiger partial charge in [-0.2, -0.15) is 0 Å². The molecule has 0 amide bonds. The highest BCUT2D eigenvalue weighted by Gasteiger charge is 2.25. The van der Waals surface area contributed by atoms with Gasteiger partial charge in [0, 0.05) is 0 Å². The molecule has 1 nitrogen and oxygen atoms in total. The summed E-state index contributed by atoms with van der Waals surface area (Å²) >= 11 is 3.53. The van der Waals surface area contributed by atoms with Crippen molar-refractivity contribution in [3.05, 3.63) is 22.2 Å². The van der Waals surface area contributed by atoms with Gasteiger partial charge in [-0.15, -0.1) is 0 Å². The molecule has 0 bridgehead atoms. The molecule has 0 unspecified atom stereocenters. The van der Waals surface area contributed by atoms with Gasteiger partial charge in [-0.25, -0.2) is 0 Å². The van der Waals surface area contributed by atoms with Crippen LogP contribution in [-0.2, 0) is 0 Å². The Kier molecular flexibility index (Phi) is 4.22. The largest absolute Gasteiger partial charge is 0.507 e. The molecular formula is C15H23BrOSi. The molecule has 100 valence electrons. The van der Waals surface area contributed by atoms with Gasteiger partial charge in [0.15, 0.2) is 0 Å². The van der Waals surface area contributed by atoms with Gasteiger partial charge in [0.1, 0.15) is 5.75 Å². The third-order valence-electron chi connectivity index (χ3n) is 3.97. The minimum atomic E-state index is -1.48. The molecule has 0 aliphatic heterocycles. The molecule has 1 aliphatic rings. The number of hydrogen-bond acceptors (Lipinski definition) is 1. The highest BCUT2D eigenvalue weighted by Crippen LogP contribution is 2.36. The Morgan fingerprint density at radius 3 is 2.28 bits per heavy atom. The Hall–Kier alpha value is -0.283. The van der Waals surface area contributed by atoms with Crippen LogP contribution in [0.2, 0.25) is 19.6 Å². The van der Waals surface area contributed by atoms with E-state index in [4.69, 9.17) is 0 Å².